The highest BCUT2D eigenvalue weighted by Crippen LogP contribution is 2.35. The molecule has 1 fully saturated rings. The second kappa shape index (κ2) is 8.65. The summed E-state index contributed by atoms with van der Waals surface area (Å²) >= 11 is 13.3. The van der Waals surface area contributed by atoms with E-state index in [1.807, 2.05) is 36.6 Å². The van der Waals surface area contributed by atoms with Crippen LogP contribution in [0.25, 0.3) is 11.8 Å². The van der Waals surface area contributed by atoms with Gasteiger partial charge in [-0.25, -0.2) is 0 Å². The molecule has 9 heteroatoms. The van der Waals surface area contributed by atoms with Gasteiger partial charge in [0.25, 0.3) is 11.1 Å². The van der Waals surface area contributed by atoms with Crippen LogP contribution < -0.4 is 0 Å². The molecule has 0 N–H and O–H groups in total. The van der Waals surface area contributed by atoms with Crippen molar-refractivity contribution in [1.82, 2.24) is 9.47 Å². The molecule has 3 rings (SSSR count). The van der Waals surface area contributed by atoms with Gasteiger partial charge in [0.05, 0.1) is 27.2 Å². The lowest BCUT2D eigenvalue weighted by Crippen LogP contribution is -2.34. The Kier molecular flexibility index (Phi) is 6.41. The van der Waals surface area contributed by atoms with E-state index in [1.165, 1.54) is 0 Å². The summed E-state index contributed by atoms with van der Waals surface area (Å²) in [6, 6.07) is 7.27. The number of rotatable bonds is 5. The fourth-order valence-corrected chi connectivity index (χ4v) is 4.29. The Balaban J connectivity index is 1.94. The SMILES string of the molecule is CCOC(=O)CN1C(=O)S/C(=C\c2cc(C)n(-c3cccc(Cl)c3Cl)c2C)C1=O. The van der Waals surface area contributed by atoms with Crippen molar-refractivity contribution in [2.75, 3.05) is 13.2 Å². The summed E-state index contributed by atoms with van der Waals surface area (Å²) in [7, 11) is 0. The van der Waals surface area contributed by atoms with Crippen molar-refractivity contribution < 1.29 is 19.1 Å². The minimum absolute atomic E-state index is 0.183. The number of carbonyl (C=O) groups is 3. The molecular weight excluding hydrogens is 435 g/mol. The van der Waals surface area contributed by atoms with E-state index in [9.17, 15) is 14.4 Å². The summed E-state index contributed by atoms with van der Waals surface area (Å²) in [5, 5.41) is 0.372. The molecule has 152 valence electrons. The number of imide groups is 1. The Hall–Kier alpha value is -2.22. The van der Waals surface area contributed by atoms with E-state index in [-0.39, 0.29) is 11.5 Å². The predicted octanol–water partition coefficient (Wildman–Crippen LogP) is 5.00. The Labute approximate surface area is 182 Å². The molecule has 0 spiro atoms. The molecule has 0 bridgehead atoms. The number of aryl methyl sites for hydroxylation is 1. The fourth-order valence-electron chi connectivity index (χ4n) is 3.08. The Bertz CT molecular complexity index is 1050. The Morgan fingerprint density at radius 2 is 1.97 bits per heavy atom. The molecule has 6 nitrogen and oxygen atoms in total. The number of carbonyl (C=O) groups excluding carboxylic acids is 3. The van der Waals surface area contributed by atoms with Crippen LogP contribution in [0.3, 0.4) is 0 Å². The van der Waals surface area contributed by atoms with Crippen molar-refractivity contribution in [1.29, 1.82) is 0 Å². The smallest absolute Gasteiger partial charge is 0.326 e. The first-order chi connectivity index (χ1) is 13.7. The molecule has 0 aliphatic carbocycles. The van der Waals surface area contributed by atoms with E-state index in [1.54, 1.807) is 19.1 Å². The van der Waals surface area contributed by atoms with Gasteiger partial charge in [-0.3, -0.25) is 19.3 Å². The number of aromatic nitrogens is 1. The lowest BCUT2D eigenvalue weighted by atomic mass is 10.2. The van der Waals surface area contributed by atoms with Crippen molar-refractivity contribution >= 4 is 58.2 Å². The predicted molar refractivity (Wildman–Crippen MR) is 115 cm³/mol. The summed E-state index contributed by atoms with van der Waals surface area (Å²) in [6.07, 6.45) is 1.65. The quantitative estimate of drug-likeness (QED) is 0.471. The maximum absolute atomic E-state index is 12.6. The molecule has 2 aromatic rings. The van der Waals surface area contributed by atoms with Gasteiger partial charge in [0.1, 0.15) is 6.54 Å². The number of benzene rings is 1. The molecule has 1 aliphatic rings. The Morgan fingerprint density at radius 1 is 1.24 bits per heavy atom. The minimum atomic E-state index is -0.621. The van der Waals surface area contributed by atoms with E-state index >= 15 is 0 Å². The summed E-state index contributed by atoms with van der Waals surface area (Å²) in [4.78, 5) is 37.5. The van der Waals surface area contributed by atoms with Gasteiger partial charge in [0.2, 0.25) is 0 Å². The summed E-state index contributed by atoms with van der Waals surface area (Å²) in [6.45, 7) is 5.25. The molecule has 1 saturated heterocycles. The lowest BCUT2D eigenvalue weighted by molar-refractivity contribution is -0.145. The summed E-state index contributed by atoms with van der Waals surface area (Å²) in [5.74, 6) is -1.14. The zero-order valence-corrected chi connectivity index (χ0v) is 18.3. The van der Waals surface area contributed by atoms with E-state index < -0.39 is 23.7 Å². The zero-order valence-electron chi connectivity index (χ0n) is 16.0. The van der Waals surface area contributed by atoms with Crippen molar-refractivity contribution in [3.8, 4) is 5.69 Å². The van der Waals surface area contributed by atoms with Crippen LogP contribution >= 0.6 is 35.0 Å². The molecule has 0 atom stereocenters. The van der Waals surface area contributed by atoms with Gasteiger partial charge < -0.3 is 9.30 Å². The standard InChI is InChI=1S/C20H18Cl2N2O4S/c1-4-28-17(25)10-23-19(26)16(29-20(23)27)9-13-8-11(2)24(12(13)3)15-7-5-6-14(21)18(15)22/h5-9H,4,10H2,1-3H3/b16-9-. The van der Waals surface area contributed by atoms with Crippen LogP contribution in [0.1, 0.15) is 23.9 Å². The van der Waals surface area contributed by atoms with Crippen molar-refractivity contribution in [2.45, 2.75) is 20.8 Å². The largest absolute Gasteiger partial charge is 0.465 e. The van der Waals surface area contributed by atoms with Gasteiger partial charge >= 0.3 is 5.97 Å². The monoisotopic (exact) mass is 452 g/mol. The third-order valence-corrected chi connectivity index (χ3v) is 6.11. The van der Waals surface area contributed by atoms with E-state index in [4.69, 9.17) is 27.9 Å². The highest BCUT2D eigenvalue weighted by molar-refractivity contribution is 8.18. The first kappa shape index (κ1) is 21.5. The molecule has 1 aromatic carbocycles. The Morgan fingerprint density at radius 3 is 2.66 bits per heavy atom. The van der Waals surface area contributed by atoms with Crippen molar-refractivity contribution in [3.63, 3.8) is 0 Å². The van der Waals surface area contributed by atoms with Gasteiger partial charge in [-0.1, -0.05) is 29.3 Å². The second-order valence-electron chi connectivity index (χ2n) is 6.31. The second-order valence-corrected chi connectivity index (χ2v) is 8.09. The normalized spacial score (nSPS) is 15.5. The first-order valence-electron chi connectivity index (χ1n) is 8.79. The number of thioether (sulfide) groups is 1. The topological polar surface area (TPSA) is 68.6 Å². The van der Waals surface area contributed by atoms with Gasteiger partial charge in [-0.15, -0.1) is 0 Å². The fraction of sp³-hybridized carbons (Fsp3) is 0.250. The van der Waals surface area contributed by atoms with Gasteiger partial charge in [-0.05, 0) is 62.4 Å². The maximum Gasteiger partial charge on any atom is 0.326 e. The number of hydrogen-bond acceptors (Lipinski definition) is 5. The first-order valence-corrected chi connectivity index (χ1v) is 10.4. The average Bonchev–Trinajstić information content (AvgIpc) is 3.08. The molecule has 29 heavy (non-hydrogen) atoms. The molecule has 2 heterocycles. The molecule has 0 saturated carbocycles. The third-order valence-electron chi connectivity index (χ3n) is 4.40. The van der Waals surface area contributed by atoms with Crippen LogP contribution in [0.2, 0.25) is 10.0 Å². The van der Waals surface area contributed by atoms with Crippen LogP contribution in [0.15, 0.2) is 29.2 Å². The third kappa shape index (κ3) is 4.22. The van der Waals surface area contributed by atoms with Crippen LogP contribution in [0.5, 0.6) is 0 Å². The van der Waals surface area contributed by atoms with Crippen LogP contribution in [-0.4, -0.2) is 39.7 Å². The van der Waals surface area contributed by atoms with E-state index in [0.717, 1.165) is 39.3 Å². The average molecular weight is 453 g/mol. The number of halogens is 2. The van der Waals surface area contributed by atoms with Gasteiger partial charge in [0.15, 0.2) is 0 Å². The molecule has 1 aromatic heterocycles. The van der Waals surface area contributed by atoms with Gasteiger partial charge in [0, 0.05) is 11.4 Å². The highest BCUT2D eigenvalue weighted by Gasteiger charge is 2.36. The number of nitrogens with zero attached hydrogens (tertiary/aromatic N) is 2. The highest BCUT2D eigenvalue weighted by atomic mass is 35.5. The molecular formula is C20H18Cl2N2O4S. The van der Waals surface area contributed by atoms with Crippen LogP contribution in [-0.2, 0) is 14.3 Å². The molecule has 2 amide bonds. The minimum Gasteiger partial charge on any atom is -0.465 e. The maximum atomic E-state index is 12.6. The van der Waals surface area contributed by atoms with Crippen LogP contribution in [0, 0.1) is 13.8 Å². The van der Waals surface area contributed by atoms with Crippen molar-refractivity contribution in [3.05, 3.63) is 56.2 Å². The molecule has 1 aliphatic heterocycles. The van der Waals surface area contributed by atoms with E-state index in [0.29, 0.717) is 10.0 Å². The van der Waals surface area contributed by atoms with E-state index in [2.05, 4.69) is 0 Å². The summed E-state index contributed by atoms with van der Waals surface area (Å²) < 4.78 is 6.76. The molecule has 0 unspecified atom stereocenters. The number of amides is 2. The molecule has 0 radical (unpaired) electrons. The number of esters is 1. The zero-order chi connectivity index (χ0) is 21.3. The number of hydrogen-bond donors (Lipinski definition) is 0. The lowest BCUT2D eigenvalue weighted by Gasteiger charge is -2.12. The van der Waals surface area contributed by atoms with Crippen molar-refractivity contribution in [2.24, 2.45) is 0 Å². The number of ether oxygens (including phenoxy) is 1. The van der Waals surface area contributed by atoms with Crippen LogP contribution in [0.4, 0.5) is 4.79 Å². The summed E-state index contributed by atoms with van der Waals surface area (Å²) in [5.41, 5.74) is 3.22. The van der Waals surface area contributed by atoms with Gasteiger partial charge in [-0.2, -0.15) is 0 Å².